The van der Waals surface area contributed by atoms with Gasteiger partial charge in [0, 0.05) is 12.6 Å². The molecule has 0 fully saturated rings. The second kappa shape index (κ2) is 7.19. The molecule has 2 aromatic heterocycles. The third-order valence-electron chi connectivity index (χ3n) is 3.18. The van der Waals surface area contributed by atoms with E-state index in [0.717, 1.165) is 0 Å². The highest BCUT2D eigenvalue weighted by atomic mass is 32.1. The first-order chi connectivity index (χ1) is 10.9. The van der Waals surface area contributed by atoms with Crippen LogP contribution in [0, 0.1) is 13.8 Å². The quantitative estimate of drug-likeness (QED) is 0.489. The summed E-state index contributed by atoms with van der Waals surface area (Å²) in [4.78, 5) is 43.0. The minimum atomic E-state index is -0.433. The van der Waals surface area contributed by atoms with Crippen LogP contribution in [0.15, 0.2) is 16.9 Å². The van der Waals surface area contributed by atoms with Gasteiger partial charge < -0.3 is 15.0 Å². The number of esters is 1. The topological polar surface area (TPSA) is 101 Å². The summed E-state index contributed by atoms with van der Waals surface area (Å²) in [6.07, 6.45) is 3.44. The van der Waals surface area contributed by atoms with Gasteiger partial charge in [-0.15, -0.1) is 11.3 Å². The Morgan fingerprint density at radius 2 is 2.13 bits per heavy atom. The third-order valence-corrected chi connectivity index (χ3v) is 4.36. The normalized spacial score (nSPS) is 11.1. The van der Waals surface area contributed by atoms with E-state index in [1.54, 1.807) is 19.9 Å². The van der Waals surface area contributed by atoms with Crippen LogP contribution in [0.1, 0.15) is 27.5 Å². The number of carbonyl (C=O) groups excluding carboxylic acids is 2. The minimum Gasteiger partial charge on any atom is -0.466 e. The molecule has 0 spiro atoms. The molecule has 2 N–H and O–H groups in total. The predicted octanol–water partition coefficient (Wildman–Crippen LogP) is 1.45. The summed E-state index contributed by atoms with van der Waals surface area (Å²) in [5.41, 5.74) is 0.391. The van der Waals surface area contributed by atoms with Gasteiger partial charge in [0.2, 0.25) is 0 Å². The molecule has 0 aliphatic rings. The van der Waals surface area contributed by atoms with Crippen molar-refractivity contribution in [3.05, 3.63) is 38.8 Å². The third kappa shape index (κ3) is 3.84. The van der Waals surface area contributed by atoms with E-state index in [1.165, 1.54) is 24.5 Å². The number of H-pyrrole nitrogens is 1. The fourth-order valence-electron chi connectivity index (χ4n) is 2.06. The Bertz CT molecular complexity index is 835. The number of aryl methyl sites for hydroxylation is 2. The van der Waals surface area contributed by atoms with Crippen LogP contribution in [-0.2, 0) is 9.53 Å². The molecule has 23 heavy (non-hydrogen) atoms. The second-order valence-corrected chi connectivity index (χ2v) is 5.86. The molecule has 0 aliphatic carbocycles. The number of rotatable bonds is 5. The van der Waals surface area contributed by atoms with E-state index in [0.29, 0.717) is 39.4 Å². The smallest absolute Gasteiger partial charge is 0.330 e. The SMILES string of the molecule is COC(=O)/C=C/CCNC(=O)c1sc2nc(C)[nH]c(=O)c2c1C. The largest absolute Gasteiger partial charge is 0.466 e. The molecule has 122 valence electrons. The van der Waals surface area contributed by atoms with E-state index in [4.69, 9.17) is 0 Å². The number of nitrogens with one attached hydrogen (secondary N) is 2. The Kier molecular flexibility index (Phi) is 5.28. The van der Waals surface area contributed by atoms with Gasteiger partial charge in [0.05, 0.1) is 17.4 Å². The summed E-state index contributed by atoms with van der Waals surface area (Å²) < 4.78 is 4.47. The number of thiophene rings is 1. The van der Waals surface area contributed by atoms with Crippen LogP contribution in [0.25, 0.3) is 10.2 Å². The van der Waals surface area contributed by atoms with Crippen molar-refractivity contribution in [1.82, 2.24) is 15.3 Å². The average molecular weight is 335 g/mol. The Balaban J connectivity index is 2.09. The van der Waals surface area contributed by atoms with E-state index in [9.17, 15) is 14.4 Å². The Labute approximate surface area is 136 Å². The molecule has 0 unspecified atom stereocenters. The van der Waals surface area contributed by atoms with Crippen LogP contribution in [0.5, 0.6) is 0 Å². The molecule has 8 heteroatoms. The number of aromatic nitrogens is 2. The number of amides is 1. The van der Waals surface area contributed by atoms with E-state index in [2.05, 4.69) is 20.0 Å². The van der Waals surface area contributed by atoms with Gasteiger partial charge in [0.1, 0.15) is 10.7 Å². The standard InChI is InChI=1S/C15H17N3O4S/c1-8-11-13(20)17-9(2)18-15(11)23-12(8)14(21)16-7-5-4-6-10(19)22-3/h4,6H,5,7H2,1-3H3,(H,16,21)(H,17,18,20)/b6-4+. The lowest BCUT2D eigenvalue weighted by molar-refractivity contribution is -0.134. The lowest BCUT2D eigenvalue weighted by Crippen LogP contribution is -2.24. The number of methoxy groups -OCH3 is 1. The van der Waals surface area contributed by atoms with Crippen LogP contribution >= 0.6 is 11.3 Å². The molecule has 7 nitrogen and oxygen atoms in total. The molecule has 0 aliphatic heterocycles. The van der Waals surface area contributed by atoms with Crippen molar-refractivity contribution >= 4 is 33.4 Å². The molecule has 0 aromatic carbocycles. The van der Waals surface area contributed by atoms with Gasteiger partial charge >= 0.3 is 5.97 Å². The highest BCUT2D eigenvalue weighted by molar-refractivity contribution is 7.20. The molecule has 2 rings (SSSR count). The van der Waals surface area contributed by atoms with Crippen molar-refractivity contribution in [3.63, 3.8) is 0 Å². The Hall–Kier alpha value is -2.48. The predicted molar refractivity (Wildman–Crippen MR) is 87.8 cm³/mol. The molecule has 0 bridgehead atoms. The maximum atomic E-state index is 12.2. The van der Waals surface area contributed by atoms with Crippen LogP contribution in [0.3, 0.4) is 0 Å². The summed E-state index contributed by atoms with van der Waals surface area (Å²) in [5.74, 6) is -0.171. The fraction of sp³-hybridized carbons (Fsp3) is 0.333. The molecule has 0 saturated heterocycles. The number of nitrogens with zero attached hydrogens (tertiary/aromatic N) is 1. The van der Waals surface area contributed by atoms with Gasteiger partial charge in [0.25, 0.3) is 11.5 Å². The van der Waals surface area contributed by atoms with Crippen LogP contribution < -0.4 is 10.9 Å². The van der Waals surface area contributed by atoms with E-state index < -0.39 is 5.97 Å². The zero-order valence-electron chi connectivity index (χ0n) is 13.1. The highest BCUT2D eigenvalue weighted by Crippen LogP contribution is 2.26. The molecule has 0 atom stereocenters. The fourth-order valence-corrected chi connectivity index (χ4v) is 3.21. The molecular formula is C15H17N3O4S. The number of hydrogen-bond donors (Lipinski definition) is 2. The monoisotopic (exact) mass is 335 g/mol. The molecule has 1 amide bonds. The van der Waals surface area contributed by atoms with Crippen molar-refractivity contribution in [1.29, 1.82) is 0 Å². The van der Waals surface area contributed by atoms with Crippen LogP contribution in [-0.4, -0.2) is 35.5 Å². The van der Waals surface area contributed by atoms with E-state index >= 15 is 0 Å². The molecule has 0 saturated carbocycles. The summed E-state index contributed by atoms with van der Waals surface area (Å²) in [6.45, 7) is 3.81. The summed E-state index contributed by atoms with van der Waals surface area (Å²) >= 11 is 1.20. The zero-order chi connectivity index (χ0) is 17.0. The zero-order valence-corrected chi connectivity index (χ0v) is 13.9. The molecular weight excluding hydrogens is 318 g/mol. The maximum Gasteiger partial charge on any atom is 0.330 e. The van der Waals surface area contributed by atoms with Crippen molar-refractivity contribution in [2.75, 3.05) is 13.7 Å². The van der Waals surface area contributed by atoms with Gasteiger partial charge in [-0.1, -0.05) is 6.08 Å². The molecule has 0 radical (unpaired) electrons. The molecule has 2 heterocycles. The van der Waals surface area contributed by atoms with Crippen LogP contribution in [0.2, 0.25) is 0 Å². The van der Waals surface area contributed by atoms with Gasteiger partial charge in [-0.25, -0.2) is 9.78 Å². The first kappa shape index (κ1) is 16.9. The average Bonchev–Trinajstić information content (AvgIpc) is 2.83. The molecule has 2 aromatic rings. The van der Waals surface area contributed by atoms with Crippen molar-refractivity contribution in [3.8, 4) is 0 Å². The first-order valence-electron chi connectivity index (χ1n) is 6.96. The highest BCUT2D eigenvalue weighted by Gasteiger charge is 2.18. The van der Waals surface area contributed by atoms with Crippen molar-refractivity contribution < 1.29 is 14.3 Å². The van der Waals surface area contributed by atoms with Gasteiger partial charge in [-0.3, -0.25) is 9.59 Å². The van der Waals surface area contributed by atoms with Crippen LogP contribution in [0.4, 0.5) is 0 Å². The van der Waals surface area contributed by atoms with Gasteiger partial charge in [-0.05, 0) is 25.8 Å². The van der Waals surface area contributed by atoms with E-state index in [1.807, 2.05) is 0 Å². The first-order valence-corrected chi connectivity index (χ1v) is 7.78. The lowest BCUT2D eigenvalue weighted by Gasteiger charge is -2.02. The Morgan fingerprint density at radius 1 is 1.39 bits per heavy atom. The minimum absolute atomic E-state index is 0.235. The van der Waals surface area contributed by atoms with Gasteiger partial charge in [-0.2, -0.15) is 0 Å². The number of ether oxygens (including phenoxy) is 1. The number of hydrogen-bond acceptors (Lipinski definition) is 6. The second-order valence-electron chi connectivity index (χ2n) is 4.86. The van der Waals surface area contributed by atoms with E-state index in [-0.39, 0.29) is 11.5 Å². The number of aromatic amines is 1. The van der Waals surface area contributed by atoms with Crippen molar-refractivity contribution in [2.24, 2.45) is 0 Å². The maximum absolute atomic E-state index is 12.2. The number of fused-ring (bicyclic) bond motifs is 1. The summed E-state index contributed by atoms with van der Waals surface area (Å²) in [5, 5.41) is 3.21. The Morgan fingerprint density at radius 3 is 2.83 bits per heavy atom. The summed E-state index contributed by atoms with van der Waals surface area (Å²) in [7, 11) is 1.30. The number of carbonyl (C=O) groups is 2. The van der Waals surface area contributed by atoms with Crippen molar-refractivity contribution in [2.45, 2.75) is 20.3 Å². The lowest BCUT2D eigenvalue weighted by atomic mass is 10.2. The summed E-state index contributed by atoms with van der Waals surface area (Å²) in [6, 6.07) is 0. The van der Waals surface area contributed by atoms with Gasteiger partial charge in [0.15, 0.2) is 0 Å².